The van der Waals surface area contributed by atoms with Crippen LogP contribution >= 0.6 is 0 Å². The molecule has 0 unspecified atom stereocenters. The number of hydrogen-bond donors (Lipinski definition) is 8. The Bertz CT molecular complexity index is 340. The number of carboxylic acids is 2. The van der Waals surface area contributed by atoms with Crippen molar-refractivity contribution in [3.8, 4) is 0 Å². The van der Waals surface area contributed by atoms with Gasteiger partial charge in [0.25, 0.3) is 0 Å². The Hall–Kier alpha value is -1.95. The summed E-state index contributed by atoms with van der Waals surface area (Å²) < 4.78 is 0. The quantitative estimate of drug-likeness (QED) is 0.142. The second kappa shape index (κ2) is 15.0. The number of aliphatic hydroxyl groups excluding tert-OH is 3. The summed E-state index contributed by atoms with van der Waals surface area (Å²) in [6, 6.07) is -1.12. The molecule has 11 heteroatoms. The summed E-state index contributed by atoms with van der Waals surface area (Å²) >= 11 is 0. The highest BCUT2D eigenvalue weighted by Crippen LogP contribution is 1.97. The molecule has 0 aliphatic carbocycles. The van der Waals surface area contributed by atoms with E-state index >= 15 is 0 Å². The summed E-state index contributed by atoms with van der Waals surface area (Å²) in [5.74, 6) is -2.80. The van der Waals surface area contributed by atoms with E-state index in [1.165, 1.54) is 0 Å². The molecule has 0 spiro atoms. The Labute approximate surface area is 133 Å². The van der Waals surface area contributed by atoms with Gasteiger partial charge in [0.2, 0.25) is 0 Å². The Kier molecular flexibility index (Phi) is 15.2. The van der Waals surface area contributed by atoms with Gasteiger partial charge in [-0.05, 0) is 6.42 Å². The van der Waals surface area contributed by atoms with Crippen molar-refractivity contribution in [1.82, 2.24) is 10.2 Å². The maximum absolute atomic E-state index is 10.4. The van der Waals surface area contributed by atoms with Crippen molar-refractivity contribution in [3.05, 3.63) is 0 Å². The molecule has 1 atom stereocenters. The van der Waals surface area contributed by atoms with Gasteiger partial charge < -0.3 is 36.6 Å². The second-order valence-electron chi connectivity index (χ2n) is 4.39. The fourth-order valence-electron chi connectivity index (χ4n) is 1.47. The zero-order valence-electron chi connectivity index (χ0n) is 12.8. The summed E-state index contributed by atoms with van der Waals surface area (Å²) in [5.41, 5.74) is 4.90. The van der Waals surface area contributed by atoms with E-state index in [1.54, 1.807) is 4.90 Å². The van der Waals surface area contributed by atoms with Gasteiger partial charge >= 0.3 is 11.9 Å². The smallest absolute Gasteiger partial charge is 0.326 e. The summed E-state index contributed by atoms with van der Waals surface area (Å²) in [7, 11) is 0. The fourth-order valence-corrected chi connectivity index (χ4v) is 1.47. The minimum atomic E-state index is -1.23. The average Bonchev–Trinajstić information content (AvgIpc) is 2.44. The molecule has 0 aliphatic rings. The first kappa shape index (κ1) is 23.3. The number of aliphatic carboxylic acids is 2. The number of guanidine groups is 1. The van der Waals surface area contributed by atoms with E-state index in [4.69, 9.17) is 36.7 Å². The van der Waals surface area contributed by atoms with Crippen LogP contribution in [0.2, 0.25) is 0 Å². The van der Waals surface area contributed by atoms with Crippen LogP contribution in [-0.4, -0.2) is 93.8 Å². The van der Waals surface area contributed by atoms with Gasteiger partial charge in [0.05, 0.1) is 19.8 Å². The SMILES string of the molecule is N=C(N)N[C@@H](CCC(=O)O)C(=O)O.OCCN(CCO)CCO. The number of carbonyl (C=O) groups is 2. The van der Waals surface area contributed by atoms with Gasteiger partial charge in [0.15, 0.2) is 5.96 Å². The number of rotatable bonds is 11. The van der Waals surface area contributed by atoms with Crippen molar-refractivity contribution in [1.29, 1.82) is 5.41 Å². The number of nitrogens with zero attached hydrogens (tertiary/aromatic N) is 1. The lowest BCUT2D eigenvalue weighted by molar-refractivity contribution is -0.140. The Morgan fingerprint density at radius 1 is 1.04 bits per heavy atom. The van der Waals surface area contributed by atoms with Crippen LogP contribution in [0.3, 0.4) is 0 Å². The van der Waals surface area contributed by atoms with Gasteiger partial charge in [-0.25, -0.2) is 4.79 Å². The molecule has 0 aliphatic heterocycles. The predicted molar refractivity (Wildman–Crippen MR) is 81.0 cm³/mol. The second-order valence-corrected chi connectivity index (χ2v) is 4.39. The minimum Gasteiger partial charge on any atom is -0.481 e. The summed E-state index contributed by atoms with van der Waals surface area (Å²) in [5, 5.41) is 51.1. The third-order valence-electron chi connectivity index (χ3n) is 2.52. The molecular weight excluding hydrogens is 312 g/mol. The Morgan fingerprint density at radius 2 is 1.48 bits per heavy atom. The zero-order chi connectivity index (χ0) is 18.3. The molecule has 0 radical (unpaired) electrons. The highest BCUT2D eigenvalue weighted by atomic mass is 16.4. The van der Waals surface area contributed by atoms with Gasteiger partial charge in [-0.2, -0.15) is 0 Å². The van der Waals surface area contributed by atoms with Crippen LogP contribution in [0, 0.1) is 5.41 Å². The van der Waals surface area contributed by atoms with Crippen LogP contribution in [-0.2, 0) is 9.59 Å². The van der Waals surface area contributed by atoms with Crippen LogP contribution in [0.1, 0.15) is 12.8 Å². The van der Waals surface area contributed by atoms with Crippen molar-refractivity contribution in [2.24, 2.45) is 5.73 Å². The summed E-state index contributed by atoms with van der Waals surface area (Å²) in [6.45, 7) is 1.75. The van der Waals surface area contributed by atoms with Crippen LogP contribution in [0.4, 0.5) is 0 Å². The average molecular weight is 338 g/mol. The molecule has 0 amide bonds. The minimum absolute atomic E-state index is 0.0694. The Balaban J connectivity index is 0. The Morgan fingerprint density at radius 3 is 1.74 bits per heavy atom. The number of carboxylic acid groups (broad SMARTS) is 2. The van der Waals surface area contributed by atoms with Crippen LogP contribution in [0.5, 0.6) is 0 Å². The van der Waals surface area contributed by atoms with Gasteiger partial charge in [0, 0.05) is 26.1 Å². The lowest BCUT2D eigenvalue weighted by Crippen LogP contribution is -2.44. The largest absolute Gasteiger partial charge is 0.481 e. The number of nitrogens with two attached hydrogens (primary N) is 1. The first-order chi connectivity index (χ1) is 10.8. The standard InChI is InChI=1S/C6H11N3O4.C6H15NO3/c7-6(8)9-3(5(12)13)1-2-4(10)11;8-4-1-7(2-5-9)3-6-10/h3H,1-2H2,(H,10,11)(H,12,13)(H4,7,8,9);8-10H,1-6H2/t3-;/m0./s1. The first-order valence-corrected chi connectivity index (χ1v) is 6.88. The first-order valence-electron chi connectivity index (χ1n) is 6.88. The molecule has 0 saturated carbocycles. The third-order valence-corrected chi connectivity index (χ3v) is 2.52. The van der Waals surface area contributed by atoms with Crippen molar-refractivity contribution in [3.63, 3.8) is 0 Å². The molecule has 0 fully saturated rings. The van der Waals surface area contributed by atoms with E-state index in [-0.39, 0.29) is 32.7 Å². The molecule has 0 heterocycles. The summed E-state index contributed by atoms with van der Waals surface area (Å²) in [6.07, 6.45) is -0.387. The highest BCUT2D eigenvalue weighted by molar-refractivity contribution is 5.83. The number of hydrogen-bond acceptors (Lipinski definition) is 7. The molecule has 136 valence electrons. The van der Waals surface area contributed by atoms with Crippen molar-refractivity contribution in [2.45, 2.75) is 18.9 Å². The van der Waals surface area contributed by atoms with E-state index in [2.05, 4.69) is 5.32 Å². The monoisotopic (exact) mass is 338 g/mol. The maximum Gasteiger partial charge on any atom is 0.326 e. The normalized spacial score (nSPS) is 11.3. The molecular formula is C12H26N4O7. The van der Waals surface area contributed by atoms with E-state index in [1.807, 2.05) is 0 Å². The van der Waals surface area contributed by atoms with Gasteiger partial charge in [-0.3, -0.25) is 15.1 Å². The molecule has 9 N–H and O–H groups in total. The molecule has 0 bridgehead atoms. The molecule has 0 aromatic heterocycles. The van der Waals surface area contributed by atoms with Crippen molar-refractivity contribution < 1.29 is 35.1 Å². The van der Waals surface area contributed by atoms with E-state index in [9.17, 15) is 9.59 Å². The number of aliphatic hydroxyl groups is 3. The molecule has 0 aromatic carbocycles. The van der Waals surface area contributed by atoms with E-state index in [0.717, 1.165) is 0 Å². The fraction of sp³-hybridized carbons (Fsp3) is 0.750. The maximum atomic E-state index is 10.4. The predicted octanol–water partition coefficient (Wildman–Crippen LogP) is -2.95. The van der Waals surface area contributed by atoms with E-state index in [0.29, 0.717) is 19.6 Å². The van der Waals surface area contributed by atoms with Gasteiger partial charge in [-0.1, -0.05) is 0 Å². The molecule has 11 nitrogen and oxygen atoms in total. The molecule has 23 heavy (non-hydrogen) atoms. The third kappa shape index (κ3) is 16.2. The van der Waals surface area contributed by atoms with E-state index < -0.39 is 23.9 Å². The van der Waals surface area contributed by atoms with Gasteiger partial charge in [0.1, 0.15) is 6.04 Å². The highest BCUT2D eigenvalue weighted by Gasteiger charge is 2.18. The van der Waals surface area contributed by atoms with Crippen LogP contribution in [0.25, 0.3) is 0 Å². The molecule has 0 saturated heterocycles. The number of nitrogens with one attached hydrogen (secondary N) is 2. The lowest BCUT2D eigenvalue weighted by atomic mass is 10.1. The zero-order valence-corrected chi connectivity index (χ0v) is 12.8. The lowest BCUT2D eigenvalue weighted by Gasteiger charge is -2.17. The van der Waals surface area contributed by atoms with Gasteiger partial charge in [-0.15, -0.1) is 0 Å². The van der Waals surface area contributed by atoms with Crippen molar-refractivity contribution >= 4 is 17.9 Å². The van der Waals surface area contributed by atoms with Crippen molar-refractivity contribution in [2.75, 3.05) is 39.5 Å². The molecule has 0 rings (SSSR count). The van der Waals surface area contributed by atoms with Crippen LogP contribution in [0.15, 0.2) is 0 Å². The summed E-state index contributed by atoms with van der Waals surface area (Å²) in [4.78, 5) is 22.3. The topological polar surface area (TPSA) is 200 Å². The van der Waals surface area contributed by atoms with Crippen LogP contribution < -0.4 is 11.1 Å². The molecule has 0 aromatic rings.